The molecule has 0 saturated carbocycles. The molecule has 3 heteroatoms. The highest BCUT2D eigenvalue weighted by atomic mass is 16.3. The number of carbonyl (C=O) groups is 1. The van der Waals surface area contributed by atoms with Crippen molar-refractivity contribution in [2.45, 2.75) is 6.92 Å². The van der Waals surface area contributed by atoms with Crippen LogP contribution < -0.4 is 0 Å². The molecule has 1 heterocycles. The quantitative estimate of drug-likeness (QED) is 0.721. The van der Waals surface area contributed by atoms with Crippen LogP contribution >= 0.6 is 0 Å². The summed E-state index contributed by atoms with van der Waals surface area (Å²) in [4.78, 5) is 12.7. The number of aryl methyl sites for hydroxylation is 1. The standard InChI is InChI=1S/C17H15NO2/c1-11-16(17(20)12-6-4-3-5-7-12)14-10-13(19)8-9-15(14)18(11)2/h3-10,19H,1-2H3. The average Bonchev–Trinajstić information content (AvgIpc) is 2.71. The number of hydrogen-bond acceptors (Lipinski definition) is 2. The maximum absolute atomic E-state index is 12.7. The fraction of sp³-hybridized carbons (Fsp3) is 0.118. The lowest BCUT2D eigenvalue weighted by Crippen LogP contribution is -2.03. The lowest BCUT2D eigenvalue weighted by atomic mass is 10.0. The van der Waals surface area contributed by atoms with Gasteiger partial charge in [-0.2, -0.15) is 0 Å². The van der Waals surface area contributed by atoms with Crippen molar-refractivity contribution in [1.29, 1.82) is 0 Å². The Morgan fingerprint density at radius 2 is 1.80 bits per heavy atom. The summed E-state index contributed by atoms with van der Waals surface area (Å²) in [5, 5.41) is 10.5. The van der Waals surface area contributed by atoms with E-state index in [0.29, 0.717) is 11.1 Å². The Balaban J connectivity index is 2.28. The number of nitrogens with zero attached hydrogens (tertiary/aromatic N) is 1. The molecular weight excluding hydrogens is 250 g/mol. The third-order valence-corrected chi connectivity index (χ3v) is 3.74. The van der Waals surface area contributed by atoms with Crippen LogP contribution in [0.15, 0.2) is 48.5 Å². The number of phenolic OH excluding ortho intramolecular Hbond substituents is 1. The van der Waals surface area contributed by atoms with Crippen molar-refractivity contribution in [1.82, 2.24) is 4.57 Å². The fourth-order valence-electron chi connectivity index (χ4n) is 2.58. The van der Waals surface area contributed by atoms with E-state index < -0.39 is 0 Å². The molecule has 0 aliphatic heterocycles. The van der Waals surface area contributed by atoms with E-state index in [1.165, 1.54) is 0 Å². The predicted octanol–water partition coefficient (Wildman–Crippen LogP) is 3.42. The minimum absolute atomic E-state index is 0.0145. The lowest BCUT2D eigenvalue weighted by molar-refractivity contribution is 0.103. The molecular formula is C17H15NO2. The van der Waals surface area contributed by atoms with Gasteiger partial charge in [0.1, 0.15) is 5.75 Å². The van der Waals surface area contributed by atoms with E-state index in [0.717, 1.165) is 16.6 Å². The van der Waals surface area contributed by atoms with Crippen molar-refractivity contribution in [2.75, 3.05) is 0 Å². The number of benzene rings is 2. The number of hydrogen-bond donors (Lipinski definition) is 1. The van der Waals surface area contributed by atoms with Crippen LogP contribution in [0.3, 0.4) is 0 Å². The Kier molecular flexibility index (Phi) is 2.83. The van der Waals surface area contributed by atoms with Crippen LogP contribution in [0.25, 0.3) is 10.9 Å². The SMILES string of the molecule is Cc1c(C(=O)c2ccccc2)c2cc(O)ccc2n1C. The van der Waals surface area contributed by atoms with E-state index in [4.69, 9.17) is 0 Å². The number of aromatic hydroxyl groups is 1. The Morgan fingerprint density at radius 1 is 1.10 bits per heavy atom. The summed E-state index contributed by atoms with van der Waals surface area (Å²) in [5.41, 5.74) is 3.16. The first-order valence-electron chi connectivity index (χ1n) is 6.47. The molecule has 0 fully saturated rings. The van der Waals surface area contributed by atoms with Crippen LogP contribution in [0.2, 0.25) is 0 Å². The van der Waals surface area contributed by atoms with Crippen LogP contribution in [0.1, 0.15) is 21.6 Å². The summed E-state index contributed by atoms with van der Waals surface area (Å²) < 4.78 is 1.98. The van der Waals surface area contributed by atoms with Gasteiger partial charge in [0, 0.05) is 29.2 Å². The van der Waals surface area contributed by atoms with Gasteiger partial charge in [0.05, 0.1) is 5.56 Å². The normalized spacial score (nSPS) is 10.9. The summed E-state index contributed by atoms with van der Waals surface area (Å²) in [6.07, 6.45) is 0. The molecule has 0 atom stereocenters. The molecule has 100 valence electrons. The van der Waals surface area contributed by atoms with Gasteiger partial charge in [-0.05, 0) is 25.1 Å². The number of rotatable bonds is 2. The van der Waals surface area contributed by atoms with Gasteiger partial charge < -0.3 is 9.67 Å². The second-order valence-corrected chi connectivity index (χ2v) is 4.92. The van der Waals surface area contributed by atoms with Gasteiger partial charge in [-0.1, -0.05) is 30.3 Å². The zero-order valence-corrected chi connectivity index (χ0v) is 11.4. The molecule has 3 aromatic rings. The summed E-state index contributed by atoms with van der Waals surface area (Å²) in [7, 11) is 1.93. The Hall–Kier alpha value is -2.55. The second kappa shape index (κ2) is 4.53. The zero-order chi connectivity index (χ0) is 14.3. The van der Waals surface area contributed by atoms with Crippen molar-refractivity contribution >= 4 is 16.7 Å². The fourth-order valence-corrected chi connectivity index (χ4v) is 2.58. The molecule has 3 rings (SSSR count). The molecule has 0 aliphatic carbocycles. The van der Waals surface area contributed by atoms with E-state index in [1.54, 1.807) is 12.1 Å². The van der Waals surface area contributed by atoms with Crippen molar-refractivity contribution in [3.8, 4) is 5.75 Å². The summed E-state index contributed by atoms with van der Waals surface area (Å²) in [6.45, 7) is 1.92. The van der Waals surface area contributed by atoms with Gasteiger partial charge in [0.2, 0.25) is 0 Å². The van der Waals surface area contributed by atoms with Crippen molar-refractivity contribution in [3.63, 3.8) is 0 Å². The number of ketones is 1. The van der Waals surface area contributed by atoms with Gasteiger partial charge in [-0.25, -0.2) is 0 Å². The molecule has 20 heavy (non-hydrogen) atoms. The van der Waals surface area contributed by atoms with Crippen LogP contribution in [0.4, 0.5) is 0 Å². The van der Waals surface area contributed by atoms with Gasteiger partial charge in [-0.3, -0.25) is 4.79 Å². The smallest absolute Gasteiger partial charge is 0.195 e. The molecule has 3 nitrogen and oxygen atoms in total. The molecule has 2 aromatic carbocycles. The number of phenols is 1. The molecule has 0 saturated heterocycles. The molecule has 1 N–H and O–H groups in total. The largest absolute Gasteiger partial charge is 0.508 e. The van der Waals surface area contributed by atoms with Crippen LogP contribution in [-0.4, -0.2) is 15.5 Å². The highest BCUT2D eigenvalue weighted by Gasteiger charge is 2.19. The number of fused-ring (bicyclic) bond motifs is 1. The minimum Gasteiger partial charge on any atom is -0.508 e. The van der Waals surface area contributed by atoms with E-state index in [1.807, 2.05) is 54.9 Å². The summed E-state index contributed by atoms with van der Waals surface area (Å²) in [6, 6.07) is 14.3. The van der Waals surface area contributed by atoms with Crippen LogP contribution in [-0.2, 0) is 7.05 Å². The first-order valence-corrected chi connectivity index (χ1v) is 6.47. The van der Waals surface area contributed by atoms with Crippen LogP contribution in [0, 0.1) is 6.92 Å². The highest BCUT2D eigenvalue weighted by molar-refractivity contribution is 6.17. The zero-order valence-electron chi connectivity index (χ0n) is 11.4. The minimum atomic E-state index is -0.0145. The van der Waals surface area contributed by atoms with Crippen molar-refractivity contribution in [3.05, 3.63) is 65.4 Å². The maximum atomic E-state index is 12.7. The summed E-state index contributed by atoms with van der Waals surface area (Å²) in [5.74, 6) is 0.157. The van der Waals surface area contributed by atoms with Crippen molar-refractivity contribution < 1.29 is 9.90 Å². The third kappa shape index (κ3) is 1.79. The first-order chi connectivity index (χ1) is 9.59. The Morgan fingerprint density at radius 3 is 2.50 bits per heavy atom. The van der Waals surface area contributed by atoms with Gasteiger partial charge in [0.25, 0.3) is 0 Å². The molecule has 0 amide bonds. The second-order valence-electron chi connectivity index (χ2n) is 4.92. The highest BCUT2D eigenvalue weighted by Crippen LogP contribution is 2.29. The number of carbonyl (C=O) groups excluding carboxylic acids is 1. The monoisotopic (exact) mass is 265 g/mol. The predicted molar refractivity (Wildman–Crippen MR) is 79.2 cm³/mol. The van der Waals surface area contributed by atoms with E-state index in [-0.39, 0.29) is 11.5 Å². The van der Waals surface area contributed by atoms with Gasteiger partial charge >= 0.3 is 0 Å². The molecule has 0 unspecified atom stereocenters. The molecule has 1 aromatic heterocycles. The average molecular weight is 265 g/mol. The summed E-state index contributed by atoms with van der Waals surface area (Å²) >= 11 is 0. The Bertz CT molecular complexity index is 801. The lowest BCUT2D eigenvalue weighted by Gasteiger charge is -2.02. The van der Waals surface area contributed by atoms with Gasteiger partial charge in [0.15, 0.2) is 5.78 Å². The number of aromatic nitrogens is 1. The molecule has 0 spiro atoms. The van der Waals surface area contributed by atoms with E-state index >= 15 is 0 Å². The first kappa shape index (κ1) is 12.5. The van der Waals surface area contributed by atoms with E-state index in [9.17, 15) is 9.90 Å². The van der Waals surface area contributed by atoms with E-state index in [2.05, 4.69) is 0 Å². The van der Waals surface area contributed by atoms with Gasteiger partial charge in [-0.15, -0.1) is 0 Å². The molecule has 0 aliphatic rings. The third-order valence-electron chi connectivity index (χ3n) is 3.74. The molecule has 0 radical (unpaired) electrons. The maximum Gasteiger partial charge on any atom is 0.195 e. The molecule has 0 bridgehead atoms. The van der Waals surface area contributed by atoms with Crippen molar-refractivity contribution in [2.24, 2.45) is 7.05 Å². The topological polar surface area (TPSA) is 42.2 Å². The van der Waals surface area contributed by atoms with Crippen LogP contribution in [0.5, 0.6) is 5.75 Å². The Labute approximate surface area is 117 Å².